The second-order valence-corrected chi connectivity index (χ2v) is 5.32. The van der Waals surface area contributed by atoms with Gasteiger partial charge in [-0.05, 0) is 43.3 Å². The van der Waals surface area contributed by atoms with Crippen LogP contribution in [0.5, 0.6) is 0 Å². The number of aryl methyl sites for hydroxylation is 1. The summed E-state index contributed by atoms with van der Waals surface area (Å²) in [6.45, 7) is 1.71. The van der Waals surface area contributed by atoms with Crippen LogP contribution in [-0.2, 0) is 0 Å². The van der Waals surface area contributed by atoms with E-state index in [1.165, 1.54) is 28.9 Å². The molecule has 1 amide bonds. The number of rotatable bonds is 3. The molecule has 2 aromatic carbocycles. The van der Waals surface area contributed by atoms with Crippen molar-refractivity contribution in [2.75, 3.05) is 5.32 Å². The molecule has 1 aromatic heterocycles. The molecule has 0 atom stereocenters. The predicted molar refractivity (Wildman–Crippen MR) is 87.7 cm³/mol. The second-order valence-electron chi connectivity index (χ2n) is 4.96. The average molecular weight is 330 g/mol. The minimum atomic E-state index is -0.388. The van der Waals surface area contributed by atoms with Gasteiger partial charge in [-0.3, -0.25) is 4.79 Å². The van der Waals surface area contributed by atoms with Gasteiger partial charge < -0.3 is 5.32 Å². The van der Waals surface area contributed by atoms with Crippen molar-refractivity contribution in [3.63, 3.8) is 0 Å². The number of benzene rings is 2. The van der Waals surface area contributed by atoms with E-state index < -0.39 is 0 Å². The Morgan fingerprint density at radius 1 is 1.13 bits per heavy atom. The van der Waals surface area contributed by atoms with Gasteiger partial charge in [-0.25, -0.2) is 9.07 Å². The van der Waals surface area contributed by atoms with Crippen LogP contribution in [0.15, 0.2) is 54.6 Å². The van der Waals surface area contributed by atoms with E-state index >= 15 is 0 Å². The molecule has 0 spiro atoms. The summed E-state index contributed by atoms with van der Waals surface area (Å²) in [6, 6.07) is 14.8. The second kappa shape index (κ2) is 6.22. The summed E-state index contributed by atoms with van der Waals surface area (Å²) >= 11 is 6.33. The summed E-state index contributed by atoms with van der Waals surface area (Å²) in [5.41, 5.74) is 2.05. The van der Waals surface area contributed by atoms with Gasteiger partial charge in [-0.2, -0.15) is 5.10 Å². The van der Waals surface area contributed by atoms with Gasteiger partial charge in [0.2, 0.25) is 0 Å². The van der Waals surface area contributed by atoms with Gasteiger partial charge in [0.05, 0.1) is 11.4 Å². The summed E-state index contributed by atoms with van der Waals surface area (Å²) in [4.78, 5) is 12.4. The molecule has 0 unspecified atom stereocenters. The molecule has 4 nitrogen and oxygen atoms in total. The first kappa shape index (κ1) is 15.2. The van der Waals surface area contributed by atoms with Gasteiger partial charge in [-0.1, -0.05) is 29.8 Å². The number of nitrogens with one attached hydrogen (secondary N) is 1. The number of hydrogen-bond donors (Lipinski definition) is 1. The normalized spacial score (nSPS) is 10.6. The van der Waals surface area contributed by atoms with Crippen molar-refractivity contribution < 1.29 is 9.18 Å². The number of para-hydroxylation sites is 1. The lowest BCUT2D eigenvalue weighted by Gasteiger charge is -2.05. The topological polar surface area (TPSA) is 46.9 Å². The van der Waals surface area contributed by atoms with Gasteiger partial charge >= 0.3 is 0 Å². The van der Waals surface area contributed by atoms with Gasteiger partial charge in [-0.15, -0.1) is 0 Å². The first-order valence-electron chi connectivity index (χ1n) is 6.93. The molecule has 3 aromatic rings. The lowest BCUT2D eigenvalue weighted by Crippen LogP contribution is -2.13. The number of anilines is 1. The standard InChI is InChI=1S/C17H13ClFN3O/c1-11-15(17(23)20-13-9-7-12(19)8-10-13)16(18)22(21-11)14-5-3-2-4-6-14/h2-10H,1H3,(H,20,23). The van der Waals surface area contributed by atoms with Crippen LogP contribution in [-0.4, -0.2) is 15.7 Å². The maximum absolute atomic E-state index is 12.9. The zero-order valence-electron chi connectivity index (χ0n) is 12.3. The molecular formula is C17H13ClFN3O. The van der Waals surface area contributed by atoms with Crippen LogP contribution in [0, 0.1) is 12.7 Å². The molecule has 1 N–H and O–H groups in total. The van der Waals surface area contributed by atoms with E-state index in [-0.39, 0.29) is 16.9 Å². The Morgan fingerprint density at radius 2 is 1.78 bits per heavy atom. The summed E-state index contributed by atoms with van der Waals surface area (Å²) in [5, 5.41) is 7.24. The minimum Gasteiger partial charge on any atom is -0.322 e. The Hall–Kier alpha value is -2.66. The zero-order chi connectivity index (χ0) is 16.4. The third-order valence-electron chi connectivity index (χ3n) is 3.33. The zero-order valence-corrected chi connectivity index (χ0v) is 13.0. The molecule has 0 aliphatic heterocycles. The van der Waals surface area contributed by atoms with Gasteiger partial charge in [0.1, 0.15) is 16.5 Å². The molecule has 0 aliphatic rings. The number of hydrogen-bond acceptors (Lipinski definition) is 2. The summed E-state index contributed by atoms with van der Waals surface area (Å²) in [5.74, 6) is -0.754. The molecule has 6 heteroatoms. The van der Waals surface area contributed by atoms with E-state index in [1.807, 2.05) is 30.3 Å². The highest BCUT2D eigenvalue weighted by atomic mass is 35.5. The quantitative estimate of drug-likeness (QED) is 0.781. The van der Waals surface area contributed by atoms with Gasteiger partial charge in [0.15, 0.2) is 0 Å². The number of nitrogens with zero attached hydrogens (tertiary/aromatic N) is 2. The van der Waals surface area contributed by atoms with Crippen molar-refractivity contribution >= 4 is 23.2 Å². The SMILES string of the molecule is Cc1nn(-c2ccccc2)c(Cl)c1C(=O)Nc1ccc(F)cc1. The van der Waals surface area contributed by atoms with E-state index in [4.69, 9.17) is 11.6 Å². The fourth-order valence-corrected chi connectivity index (χ4v) is 2.58. The maximum Gasteiger partial charge on any atom is 0.260 e. The Balaban J connectivity index is 1.92. The van der Waals surface area contributed by atoms with Crippen molar-refractivity contribution in [2.45, 2.75) is 6.92 Å². The highest BCUT2D eigenvalue weighted by molar-refractivity contribution is 6.34. The van der Waals surface area contributed by atoms with Crippen LogP contribution in [0.4, 0.5) is 10.1 Å². The molecule has 23 heavy (non-hydrogen) atoms. The predicted octanol–water partition coefficient (Wildman–Crippen LogP) is 4.23. The third-order valence-corrected chi connectivity index (χ3v) is 3.68. The molecule has 0 saturated carbocycles. The van der Waals surface area contributed by atoms with E-state index in [1.54, 1.807) is 6.92 Å². The number of carbonyl (C=O) groups is 1. The van der Waals surface area contributed by atoms with Crippen molar-refractivity contribution in [2.24, 2.45) is 0 Å². The van der Waals surface area contributed by atoms with Crippen LogP contribution in [0.1, 0.15) is 16.1 Å². The number of halogens is 2. The summed E-state index contributed by atoms with van der Waals surface area (Å²) in [6.07, 6.45) is 0. The average Bonchev–Trinajstić information content (AvgIpc) is 2.85. The number of amides is 1. The number of aromatic nitrogens is 2. The van der Waals surface area contributed by atoms with E-state index in [0.29, 0.717) is 16.9 Å². The van der Waals surface area contributed by atoms with E-state index in [9.17, 15) is 9.18 Å². The number of carbonyl (C=O) groups excluding carboxylic acids is 1. The van der Waals surface area contributed by atoms with Crippen molar-refractivity contribution in [1.29, 1.82) is 0 Å². The maximum atomic E-state index is 12.9. The van der Waals surface area contributed by atoms with Crippen molar-refractivity contribution in [1.82, 2.24) is 9.78 Å². The van der Waals surface area contributed by atoms with E-state index in [2.05, 4.69) is 10.4 Å². The largest absolute Gasteiger partial charge is 0.322 e. The van der Waals surface area contributed by atoms with Crippen LogP contribution >= 0.6 is 11.6 Å². The fraction of sp³-hybridized carbons (Fsp3) is 0.0588. The third kappa shape index (κ3) is 3.10. The molecule has 0 fully saturated rings. The van der Waals surface area contributed by atoms with Crippen LogP contribution in [0.25, 0.3) is 5.69 Å². The molecule has 0 saturated heterocycles. The smallest absolute Gasteiger partial charge is 0.260 e. The Kier molecular flexibility index (Phi) is 4.12. The Bertz CT molecular complexity index is 844. The van der Waals surface area contributed by atoms with Crippen molar-refractivity contribution in [3.05, 3.63) is 76.8 Å². The fourth-order valence-electron chi connectivity index (χ4n) is 2.22. The van der Waals surface area contributed by atoms with Crippen LogP contribution < -0.4 is 5.32 Å². The first-order valence-corrected chi connectivity index (χ1v) is 7.31. The molecule has 0 radical (unpaired) electrons. The van der Waals surface area contributed by atoms with Crippen LogP contribution in [0.3, 0.4) is 0 Å². The van der Waals surface area contributed by atoms with Gasteiger partial charge in [0.25, 0.3) is 5.91 Å². The van der Waals surface area contributed by atoms with Gasteiger partial charge in [0, 0.05) is 5.69 Å². The molecule has 116 valence electrons. The lowest BCUT2D eigenvalue weighted by atomic mass is 10.2. The van der Waals surface area contributed by atoms with Crippen LogP contribution in [0.2, 0.25) is 5.15 Å². The summed E-state index contributed by atoms with van der Waals surface area (Å²) in [7, 11) is 0. The van der Waals surface area contributed by atoms with E-state index in [0.717, 1.165) is 5.69 Å². The molecule has 0 aliphatic carbocycles. The highest BCUT2D eigenvalue weighted by Gasteiger charge is 2.21. The molecular weight excluding hydrogens is 317 g/mol. The molecule has 0 bridgehead atoms. The highest BCUT2D eigenvalue weighted by Crippen LogP contribution is 2.24. The molecule has 1 heterocycles. The molecule has 3 rings (SSSR count). The lowest BCUT2D eigenvalue weighted by molar-refractivity contribution is 0.102. The van der Waals surface area contributed by atoms with Crippen molar-refractivity contribution in [3.8, 4) is 5.69 Å². The first-order chi connectivity index (χ1) is 11.1. The Labute approximate surface area is 137 Å². The Morgan fingerprint density at radius 3 is 2.43 bits per heavy atom. The summed E-state index contributed by atoms with van der Waals surface area (Å²) < 4.78 is 14.4. The minimum absolute atomic E-state index is 0.230. The monoisotopic (exact) mass is 329 g/mol.